The van der Waals surface area contributed by atoms with Crippen LogP contribution in [-0.4, -0.2) is 20.3 Å². The van der Waals surface area contributed by atoms with E-state index >= 15 is 0 Å². The monoisotopic (exact) mass is 485 g/mol. The fourth-order valence-corrected chi connectivity index (χ4v) is 5.18. The second-order valence-corrected chi connectivity index (χ2v) is 8.91. The molecule has 5 rings (SSSR count). The van der Waals surface area contributed by atoms with E-state index in [0.29, 0.717) is 5.01 Å². The van der Waals surface area contributed by atoms with E-state index in [9.17, 15) is 13.6 Å². The first kappa shape index (κ1) is 23.3. The van der Waals surface area contributed by atoms with E-state index in [4.69, 9.17) is 0 Å². The van der Waals surface area contributed by atoms with Crippen LogP contribution in [0.2, 0.25) is 0 Å². The minimum Gasteiger partial charge on any atom is -0.306 e. The maximum absolute atomic E-state index is 14.0. The Balaban J connectivity index is 0.00000259. The number of fused-ring (bicyclic) bond motifs is 3. The molecule has 1 aliphatic carbocycles. The SMILES string of the molecule is CCc1cn(-c2ccc3c(c2)-c2sc(C(=O)Cc4c(F)cccc4F)nc2CCC3)cn1.Cl. The Bertz CT molecular complexity index is 1310. The van der Waals surface area contributed by atoms with Crippen molar-refractivity contribution in [3.05, 3.63) is 88.1 Å². The molecule has 2 aromatic carbocycles. The molecule has 2 heterocycles. The van der Waals surface area contributed by atoms with Crippen molar-refractivity contribution in [3.63, 3.8) is 0 Å². The van der Waals surface area contributed by atoms with Crippen molar-refractivity contribution in [1.82, 2.24) is 14.5 Å². The lowest BCUT2D eigenvalue weighted by Crippen LogP contribution is -2.07. The van der Waals surface area contributed by atoms with Crippen molar-refractivity contribution in [3.8, 4) is 16.1 Å². The fourth-order valence-electron chi connectivity index (χ4n) is 4.08. The largest absolute Gasteiger partial charge is 0.306 e. The molecule has 0 unspecified atom stereocenters. The van der Waals surface area contributed by atoms with Crippen LogP contribution in [-0.2, 0) is 25.7 Å². The number of ketones is 1. The Kier molecular flexibility index (Phi) is 6.72. The molecular formula is C25H22ClF2N3OS. The molecule has 33 heavy (non-hydrogen) atoms. The van der Waals surface area contributed by atoms with Crippen LogP contribution in [0.25, 0.3) is 16.1 Å². The predicted molar refractivity (Wildman–Crippen MR) is 128 cm³/mol. The summed E-state index contributed by atoms with van der Waals surface area (Å²) in [5, 5.41) is 0.298. The summed E-state index contributed by atoms with van der Waals surface area (Å²) in [4.78, 5) is 22.8. The molecule has 0 radical (unpaired) electrons. The zero-order chi connectivity index (χ0) is 22.2. The highest BCUT2D eigenvalue weighted by atomic mass is 35.5. The minimum atomic E-state index is -0.710. The van der Waals surface area contributed by atoms with E-state index in [1.807, 2.05) is 17.1 Å². The van der Waals surface area contributed by atoms with Gasteiger partial charge in [-0.1, -0.05) is 19.1 Å². The maximum atomic E-state index is 14.0. The second kappa shape index (κ2) is 9.53. The number of halogens is 3. The molecule has 0 aliphatic heterocycles. The van der Waals surface area contributed by atoms with Gasteiger partial charge < -0.3 is 4.57 Å². The predicted octanol–water partition coefficient (Wildman–Crippen LogP) is 6.17. The highest BCUT2D eigenvalue weighted by Gasteiger charge is 2.24. The van der Waals surface area contributed by atoms with Crippen LogP contribution in [0.3, 0.4) is 0 Å². The van der Waals surface area contributed by atoms with Crippen LogP contribution < -0.4 is 0 Å². The quantitative estimate of drug-likeness (QED) is 0.317. The summed E-state index contributed by atoms with van der Waals surface area (Å²) in [6.45, 7) is 2.07. The number of thiazole rings is 1. The minimum absolute atomic E-state index is 0. The van der Waals surface area contributed by atoms with Gasteiger partial charge in [-0.3, -0.25) is 4.79 Å². The van der Waals surface area contributed by atoms with E-state index in [2.05, 4.69) is 35.1 Å². The maximum Gasteiger partial charge on any atom is 0.195 e. The topological polar surface area (TPSA) is 47.8 Å². The molecule has 8 heteroatoms. The average Bonchev–Trinajstić information content (AvgIpc) is 3.41. The molecule has 4 nitrogen and oxygen atoms in total. The Hall–Kier alpha value is -2.90. The van der Waals surface area contributed by atoms with E-state index in [0.717, 1.165) is 53.2 Å². The zero-order valence-electron chi connectivity index (χ0n) is 18.0. The third-order valence-corrected chi connectivity index (χ3v) is 7.00. The molecule has 1 aliphatic rings. The molecule has 0 bridgehead atoms. The molecular weight excluding hydrogens is 464 g/mol. The summed E-state index contributed by atoms with van der Waals surface area (Å²) >= 11 is 1.31. The summed E-state index contributed by atoms with van der Waals surface area (Å²) in [6, 6.07) is 9.95. The van der Waals surface area contributed by atoms with Gasteiger partial charge in [0.05, 0.1) is 22.6 Å². The van der Waals surface area contributed by atoms with E-state index in [-0.39, 0.29) is 30.2 Å². The van der Waals surface area contributed by atoms with Crippen LogP contribution in [0.15, 0.2) is 48.9 Å². The number of aromatic nitrogens is 3. The number of aryl methyl sites for hydroxylation is 3. The number of rotatable bonds is 5. The van der Waals surface area contributed by atoms with Crippen molar-refractivity contribution in [2.24, 2.45) is 0 Å². The van der Waals surface area contributed by atoms with Crippen LogP contribution in [0, 0.1) is 11.6 Å². The van der Waals surface area contributed by atoms with Crippen molar-refractivity contribution in [1.29, 1.82) is 0 Å². The average molecular weight is 486 g/mol. The van der Waals surface area contributed by atoms with Gasteiger partial charge >= 0.3 is 0 Å². The van der Waals surface area contributed by atoms with Gasteiger partial charge in [0.25, 0.3) is 0 Å². The van der Waals surface area contributed by atoms with Gasteiger partial charge in [0.15, 0.2) is 10.8 Å². The molecule has 170 valence electrons. The van der Waals surface area contributed by atoms with Crippen molar-refractivity contribution in [2.75, 3.05) is 0 Å². The number of hydrogen-bond acceptors (Lipinski definition) is 4. The van der Waals surface area contributed by atoms with Gasteiger partial charge in [-0.15, -0.1) is 23.7 Å². The number of hydrogen-bond donors (Lipinski definition) is 0. The van der Waals surface area contributed by atoms with Gasteiger partial charge in [0.1, 0.15) is 11.6 Å². The summed E-state index contributed by atoms with van der Waals surface area (Å²) in [7, 11) is 0. The lowest BCUT2D eigenvalue weighted by molar-refractivity contribution is 0.0990. The Labute approximate surface area is 200 Å². The molecule has 0 fully saturated rings. The number of carbonyl (C=O) groups excluding carboxylic acids is 1. The molecule has 0 saturated heterocycles. The first-order valence-electron chi connectivity index (χ1n) is 10.7. The van der Waals surface area contributed by atoms with Gasteiger partial charge in [0.2, 0.25) is 0 Å². The first-order valence-corrected chi connectivity index (χ1v) is 11.5. The Morgan fingerprint density at radius 2 is 1.94 bits per heavy atom. The van der Waals surface area contributed by atoms with Crippen molar-refractivity contribution in [2.45, 2.75) is 39.0 Å². The Morgan fingerprint density at radius 3 is 2.67 bits per heavy atom. The fraction of sp³-hybridized carbons (Fsp3) is 0.240. The summed E-state index contributed by atoms with van der Waals surface area (Å²) in [5.74, 6) is -1.79. The normalized spacial score (nSPS) is 12.5. The van der Waals surface area contributed by atoms with Crippen molar-refractivity contribution >= 4 is 29.5 Å². The lowest BCUT2D eigenvalue weighted by Gasteiger charge is -2.09. The van der Waals surface area contributed by atoms with Gasteiger partial charge in [-0.25, -0.2) is 18.7 Å². The van der Waals surface area contributed by atoms with Gasteiger partial charge in [-0.2, -0.15) is 0 Å². The number of carbonyl (C=O) groups is 1. The molecule has 0 spiro atoms. The van der Waals surface area contributed by atoms with Crippen LogP contribution in [0.5, 0.6) is 0 Å². The zero-order valence-corrected chi connectivity index (χ0v) is 19.6. The van der Waals surface area contributed by atoms with Gasteiger partial charge in [-0.05, 0) is 61.1 Å². The molecule has 2 aromatic heterocycles. The Morgan fingerprint density at radius 1 is 1.15 bits per heavy atom. The third-order valence-electron chi connectivity index (χ3n) is 5.83. The van der Waals surface area contributed by atoms with Crippen LogP contribution >= 0.6 is 23.7 Å². The van der Waals surface area contributed by atoms with Gasteiger partial charge in [0, 0.05) is 23.9 Å². The smallest absolute Gasteiger partial charge is 0.195 e. The third kappa shape index (κ3) is 4.48. The highest BCUT2D eigenvalue weighted by molar-refractivity contribution is 7.17. The molecule has 4 aromatic rings. The highest BCUT2D eigenvalue weighted by Crippen LogP contribution is 2.38. The summed E-state index contributed by atoms with van der Waals surface area (Å²) in [5.41, 5.74) is 4.97. The molecule has 0 amide bonds. The van der Waals surface area contributed by atoms with E-state index in [1.54, 1.807) is 0 Å². The number of Topliss-reactive ketones (excluding diaryl/α,β-unsaturated/α-hetero) is 1. The summed E-state index contributed by atoms with van der Waals surface area (Å²) in [6.07, 6.45) is 6.99. The number of benzene rings is 2. The van der Waals surface area contributed by atoms with Crippen LogP contribution in [0.4, 0.5) is 8.78 Å². The lowest BCUT2D eigenvalue weighted by atomic mass is 10.0. The number of imidazole rings is 1. The first-order chi connectivity index (χ1) is 15.5. The summed E-state index contributed by atoms with van der Waals surface area (Å²) < 4.78 is 30.0. The molecule has 0 saturated carbocycles. The molecule has 0 N–H and O–H groups in total. The standard InChI is InChI=1S/C25H21F2N3OS.ClH/c1-2-16-13-30(14-28-16)17-10-9-15-5-3-8-22-24(18(15)11-17)32-25(29-22)23(31)12-19-20(26)6-4-7-21(19)27;/h4,6-7,9-11,13-14H,2-3,5,8,12H2,1H3;1H. The van der Waals surface area contributed by atoms with E-state index < -0.39 is 11.6 Å². The van der Waals surface area contributed by atoms with E-state index in [1.165, 1.54) is 35.1 Å². The number of nitrogens with zero attached hydrogens (tertiary/aromatic N) is 3. The van der Waals surface area contributed by atoms with Crippen LogP contribution in [0.1, 0.15) is 45.7 Å². The second-order valence-electron chi connectivity index (χ2n) is 7.92. The van der Waals surface area contributed by atoms with Crippen molar-refractivity contribution < 1.29 is 13.6 Å². The molecule has 0 atom stereocenters.